The quantitative estimate of drug-likeness (QED) is 0.100. The van der Waals surface area contributed by atoms with Gasteiger partial charge >= 0.3 is 0 Å². The van der Waals surface area contributed by atoms with E-state index in [9.17, 15) is 44.1 Å². The summed E-state index contributed by atoms with van der Waals surface area (Å²) in [6.07, 6.45) is -2.70. The van der Waals surface area contributed by atoms with Crippen LogP contribution in [0.4, 0.5) is 0 Å². The van der Waals surface area contributed by atoms with Crippen LogP contribution in [0.2, 0.25) is 5.02 Å². The van der Waals surface area contributed by atoms with E-state index in [2.05, 4.69) is 26.6 Å². The molecule has 2 aliphatic rings. The maximum Gasteiger partial charge on any atom is 0.248 e. The van der Waals surface area contributed by atoms with Gasteiger partial charge in [-0.05, 0) is 125 Å². The van der Waals surface area contributed by atoms with E-state index in [1.54, 1.807) is 73.3 Å². The van der Waals surface area contributed by atoms with Crippen LogP contribution >= 0.6 is 11.6 Å². The van der Waals surface area contributed by atoms with Crippen molar-refractivity contribution in [2.75, 3.05) is 75.1 Å². The number of benzene rings is 2. The molecule has 2 fully saturated rings. The van der Waals surface area contributed by atoms with Crippen molar-refractivity contribution in [2.45, 2.75) is 226 Å². The summed E-state index contributed by atoms with van der Waals surface area (Å²) < 4.78 is 5.84. The Morgan fingerprint density at radius 2 is 1.05 bits per heavy atom. The van der Waals surface area contributed by atoms with Crippen LogP contribution in [-0.2, 0) is 70.3 Å². The number of aliphatic hydroxyl groups excluding tert-OH is 3. The molecule has 8 N–H and O–H groups in total. The lowest BCUT2D eigenvalue weighted by atomic mass is 9.96. The number of hydrogen-bond donors (Lipinski definition) is 8. The average Bonchev–Trinajstić information content (AvgIpc) is 0.821. The first-order valence-corrected chi connectivity index (χ1v) is 36.4. The van der Waals surface area contributed by atoms with Crippen molar-refractivity contribution in [3.05, 3.63) is 70.7 Å². The number of piperidine rings is 1. The van der Waals surface area contributed by atoms with Gasteiger partial charge in [0.15, 0.2) is 0 Å². The first-order valence-electron chi connectivity index (χ1n) is 36.0. The van der Waals surface area contributed by atoms with E-state index in [1.165, 1.54) is 75.7 Å². The van der Waals surface area contributed by atoms with E-state index in [0.29, 0.717) is 42.1 Å². The normalized spacial score (nSPS) is 26.0. The zero-order valence-electron chi connectivity index (χ0n) is 63.4. The van der Waals surface area contributed by atoms with Gasteiger partial charge in [-0.2, -0.15) is 0 Å². The zero-order chi connectivity index (χ0) is 76.7. The Bertz CT molecular complexity index is 3110. The first kappa shape index (κ1) is 87.1. The Labute approximate surface area is 609 Å². The first-order chi connectivity index (χ1) is 47.7. The lowest BCUT2D eigenvalue weighted by Crippen LogP contribution is -2.63. The van der Waals surface area contributed by atoms with Gasteiger partial charge in [-0.3, -0.25) is 57.6 Å². The molecule has 2 aliphatic heterocycles. The number of nitrogens with zero attached hydrogens (tertiary/aromatic N) is 7. The number of likely N-dealkylation sites (tertiary alicyclic amines) is 1. The molecule has 11 amide bonds. The summed E-state index contributed by atoms with van der Waals surface area (Å²) >= 11 is 6.54. The van der Waals surface area contributed by atoms with E-state index in [4.69, 9.17) is 16.3 Å². The molecule has 0 saturated carbocycles. The molecule has 2 aromatic carbocycles. The van der Waals surface area contributed by atoms with Gasteiger partial charge in [-0.1, -0.05) is 123 Å². The highest BCUT2D eigenvalue weighted by Crippen LogP contribution is 2.25. The van der Waals surface area contributed by atoms with Crippen LogP contribution in [0.3, 0.4) is 0 Å². The average molecular weight is 1450 g/mol. The Kier molecular flexibility index (Phi) is 35.2. The molecule has 0 radical (unpaired) electrons. The summed E-state index contributed by atoms with van der Waals surface area (Å²) in [6, 6.07) is 1.77. The minimum absolute atomic E-state index is 0.0351. The summed E-state index contributed by atoms with van der Waals surface area (Å²) in [7, 11) is 8.31. The number of hydrogen-bond acceptors (Lipinski definition) is 16. The van der Waals surface area contributed by atoms with Crippen molar-refractivity contribution in [3.63, 3.8) is 0 Å². The number of amides is 11. The van der Waals surface area contributed by atoms with E-state index >= 15 is 24.0 Å². The third-order valence-electron chi connectivity index (χ3n) is 18.8. The van der Waals surface area contributed by atoms with Crippen LogP contribution in [0.1, 0.15) is 146 Å². The number of likely N-dealkylation sites (N-methyl/N-ethyl adjacent to an activating group) is 6. The van der Waals surface area contributed by atoms with Crippen LogP contribution in [-0.4, -0.2) is 269 Å². The van der Waals surface area contributed by atoms with Gasteiger partial charge in [-0.25, -0.2) is 0 Å². The smallest absolute Gasteiger partial charge is 0.248 e. The van der Waals surface area contributed by atoms with Gasteiger partial charge in [0.05, 0.1) is 50.5 Å². The molecule has 1 unspecified atom stereocenters. The molecular formula is C74H119ClN12O15. The lowest BCUT2D eigenvalue weighted by Gasteiger charge is -2.41. The molecule has 4 rings (SSSR count). The van der Waals surface area contributed by atoms with Gasteiger partial charge in [-0.15, -0.1) is 0 Å². The van der Waals surface area contributed by atoms with E-state index in [0.717, 1.165) is 16.2 Å². The summed E-state index contributed by atoms with van der Waals surface area (Å²) in [5.41, 5.74) is 1.20. The molecule has 13 atom stereocenters. The van der Waals surface area contributed by atoms with Crippen LogP contribution in [0, 0.1) is 29.6 Å². The molecule has 0 aromatic heterocycles. The maximum absolute atomic E-state index is 15.4. The van der Waals surface area contributed by atoms with Crippen LogP contribution in [0.15, 0.2) is 54.6 Å². The van der Waals surface area contributed by atoms with E-state index in [-0.39, 0.29) is 68.8 Å². The fourth-order valence-electron chi connectivity index (χ4n) is 12.8. The minimum Gasteiger partial charge on any atom is -0.391 e. The standard InChI is InChI=1S/C74H119ClN12O15/c1-43(2)32-53-69(96)83(15)58(35-46(7)8)68(95)80-64(49(12)89)73(100)81(13)40-62(91)82(14)56(33-44(3)4)65(92)78-55(42-102-41-48(11)88)70(97)86(18)60(38-51-28-25-29-52(75)36-51)72(99)84(16)57(34-45(5)6)66(93)77-54(71(98)87-30-23-20-24-31-87)39-61(90)79-63(47(9)10)74(101)85(17)59(67(94)76-53)37-50-26-21-19-22-27-50/h19,21-22,25-29,36,43-49,53-60,63-64,72,88-89,99H,20,23-24,30-35,37-42H2,1-18H3,(H,76,94)(H,77,93)(H,78,92)(H,79,90)(H,80,95)/t48-,49-,53+,54+,55+,56+,57+,58+,59+,60+,63-,64+,72?/m1/s1. The van der Waals surface area contributed by atoms with Gasteiger partial charge in [0, 0.05) is 59.8 Å². The second kappa shape index (κ2) is 41.3. The Hall–Kier alpha value is -7.30. The number of ether oxygens (including phenoxy) is 1. The molecule has 102 heavy (non-hydrogen) atoms. The highest BCUT2D eigenvalue weighted by atomic mass is 35.5. The van der Waals surface area contributed by atoms with Crippen molar-refractivity contribution in [3.8, 4) is 0 Å². The molecule has 2 saturated heterocycles. The SMILES string of the molecule is CC(C)C[C@@H]1NC(=O)[C@H](Cc2ccccc2)N(C)C(=O)[C@@H](C(C)C)NC(=O)C[C@@H](C(=O)N2CCCCC2)NC(=O)[C@H](CC(C)C)N(C)C(O)[C@H](Cc2cccc(Cl)c2)N(C)C(=O)[C@H](COC[C@@H](C)O)NC(=O)[C@H](CC(C)C)N(C)C(=O)CN(C)C(=O)[C@H]([C@@H](C)O)NC(=O)[C@H](CC(C)C)N(C)C1=O. The second-order valence-electron chi connectivity index (χ2n) is 30.0. The van der Waals surface area contributed by atoms with Crippen molar-refractivity contribution in [1.29, 1.82) is 0 Å². The molecule has 28 heteroatoms. The highest BCUT2D eigenvalue weighted by molar-refractivity contribution is 6.30. The summed E-state index contributed by atoms with van der Waals surface area (Å²) in [6.45, 7) is 20.0. The Morgan fingerprint density at radius 3 is 1.60 bits per heavy atom. The topological polar surface area (TPSA) is 341 Å². The molecule has 2 heterocycles. The number of carbonyl (C=O) groups excluding carboxylic acids is 11. The van der Waals surface area contributed by atoms with E-state index < -0.39 is 169 Å². The molecule has 0 aliphatic carbocycles. The number of aliphatic hydroxyl groups is 3. The maximum atomic E-state index is 15.4. The molecule has 2 aromatic rings. The van der Waals surface area contributed by atoms with Gasteiger partial charge in [0.1, 0.15) is 54.6 Å². The third kappa shape index (κ3) is 26.1. The minimum atomic E-state index is -1.71. The Balaban J connectivity index is 2.00. The predicted molar refractivity (Wildman–Crippen MR) is 388 cm³/mol. The number of halogens is 1. The summed E-state index contributed by atoms with van der Waals surface area (Å²) in [4.78, 5) is 173. The monoisotopic (exact) mass is 1450 g/mol. The molecule has 0 spiro atoms. The fourth-order valence-corrected chi connectivity index (χ4v) is 13.1. The number of rotatable bonds is 19. The Morgan fingerprint density at radius 1 is 0.539 bits per heavy atom. The van der Waals surface area contributed by atoms with Gasteiger partial charge in [0.25, 0.3) is 0 Å². The number of carbonyl (C=O) groups is 11. The molecular weight excluding hydrogens is 1330 g/mol. The number of nitrogens with one attached hydrogen (secondary N) is 5. The second-order valence-corrected chi connectivity index (χ2v) is 30.4. The summed E-state index contributed by atoms with van der Waals surface area (Å²) in [5.74, 6) is -9.93. The fraction of sp³-hybridized carbons (Fsp3) is 0.689. The molecule has 0 bridgehead atoms. The molecule has 27 nitrogen and oxygen atoms in total. The van der Waals surface area contributed by atoms with Crippen molar-refractivity contribution < 1.29 is 72.8 Å². The van der Waals surface area contributed by atoms with Crippen LogP contribution in [0.25, 0.3) is 0 Å². The molecule has 572 valence electrons. The highest BCUT2D eigenvalue weighted by Gasteiger charge is 2.44. The van der Waals surface area contributed by atoms with E-state index in [1.807, 2.05) is 55.4 Å². The third-order valence-corrected chi connectivity index (χ3v) is 19.0. The van der Waals surface area contributed by atoms with Gasteiger partial charge in [0.2, 0.25) is 65.0 Å². The predicted octanol–water partition coefficient (Wildman–Crippen LogP) is 2.97. The van der Waals surface area contributed by atoms with Gasteiger partial charge < -0.3 is 76.0 Å². The van der Waals surface area contributed by atoms with Crippen LogP contribution in [0.5, 0.6) is 0 Å². The zero-order valence-corrected chi connectivity index (χ0v) is 64.2. The largest absolute Gasteiger partial charge is 0.391 e. The van der Waals surface area contributed by atoms with Crippen molar-refractivity contribution in [2.24, 2.45) is 29.6 Å². The summed E-state index contributed by atoms with van der Waals surface area (Å²) in [5, 5.41) is 48.8. The van der Waals surface area contributed by atoms with Crippen molar-refractivity contribution in [1.82, 2.24) is 60.9 Å². The lowest BCUT2D eigenvalue weighted by molar-refractivity contribution is -0.150. The van der Waals surface area contributed by atoms with Crippen LogP contribution < -0.4 is 26.6 Å². The van der Waals surface area contributed by atoms with Crippen molar-refractivity contribution >= 4 is 76.6 Å².